The monoisotopic (exact) mass is 831 g/mol. The zero-order chi connectivity index (χ0) is 39.0. The topological polar surface area (TPSA) is 144 Å². The molecule has 5 aromatic rings. The fourth-order valence-electron chi connectivity index (χ4n) is 6.70. The summed E-state index contributed by atoms with van der Waals surface area (Å²) in [5, 5.41) is 7.17. The maximum atomic E-state index is 15.7. The molecule has 4 aromatic heterocycles. The highest BCUT2D eigenvalue weighted by Gasteiger charge is 2.46. The van der Waals surface area contributed by atoms with E-state index in [-0.39, 0.29) is 37.0 Å². The van der Waals surface area contributed by atoms with E-state index in [1.165, 1.54) is 33.8 Å². The summed E-state index contributed by atoms with van der Waals surface area (Å²) in [6.07, 6.45) is 2.57. The van der Waals surface area contributed by atoms with Crippen molar-refractivity contribution in [3.63, 3.8) is 0 Å². The lowest BCUT2D eigenvalue weighted by atomic mass is 10.2. The Morgan fingerprint density at radius 2 is 1.77 bits per heavy atom. The summed E-state index contributed by atoms with van der Waals surface area (Å²) in [7, 11) is -5.12. The zero-order valence-corrected chi connectivity index (χ0v) is 35.1. The Hall–Kier alpha value is -3.80. The highest BCUT2D eigenvalue weighted by molar-refractivity contribution is 9.10. The number of alkyl carbamates (subject to hydrolysis) is 1. The van der Waals surface area contributed by atoms with Crippen LogP contribution in [0.1, 0.15) is 67.3 Å². The van der Waals surface area contributed by atoms with Crippen LogP contribution in [0.3, 0.4) is 0 Å². The third-order valence-electron chi connectivity index (χ3n) is 10.3. The summed E-state index contributed by atoms with van der Waals surface area (Å²) >= 11 is 3.67. The predicted molar refractivity (Wildman–Crippen MR) is 208 cm³/mol. The molecule has 13 nitrogen and oxygen atoms in total. The molecule has 1 saturated carbocycles. The number of benzene rings is 1. The number of aromatic nitrogens is 6. The first-order chi connectivity index (χ1) is 24.6. The van der Waals surface area contributed by atoms with Crippen molar-refractivity contribution in [3.8, 4) is 11.3 Å². The molecule has 0 spiro atoms. The average molecular weight is 833 g/mol. The van der Waals surface area contributed by atoms with E-state index in [0.29, 0.717) is 35.8 Å². The second-order valence-electron chi connectivity index (χ2n) is 16.1. The minimum absolute atomic E-state index is 0.00160. The summed E-state index contributed by atoms with van der Waals surface area (Å²) in [6.45, 7) is 18.2. The largest absolute Gasteiger partial charge is 0.444 e. The van der Waals surface area contributed by atoms with Crippen LogP contribution in [0.2, 0.25) is 18.1 Å². The number of carbonyl (C=O) groups excluding carboxylic acids is 1. The second-order valence-corrected chi connectivity index (χ2v) is 23.5. The molecule has 0 unspecified atom stereocenters. The summed E-state index contributed by atoms with van der Waals surface area (Å²) < 4.78 is 63.0. The van der Waals surface area contributed by atoms with Crippen LogP contribution < -0.4 is 11.0 Å². The molecule has 1 aliphatic carbocycles. The van der Waals surface area contributed by atoms with Crippen LogP contribution in [0.4, 0.5) is 9.18 Å². The van der Waals surface area contributed by atoms with Gasteiger partial charge in [0.05, 0.1) is 55.4 Å². The van der Waals surface area contributed by atoms with E-state index < -0.39 is 54.2 Å². The van der Waals surface area contributed by atoms with E-state index in [1.54, 1.807) is 57.5 Å². The lowest BCUT2D eigenvalue weighted by Crippen LogP contribution is -2.50. The van der Waals surface area contributed by atoms with E-state index in [4.69, 9.17) is 9.16 Å². The van der Waals surface area contributed by atoms with Crippen molar-refractivity contribution >= 4 is 62.4 Å². The van der Waals surface area contributed by atoms with Gasteiger partial charge in [-0.2, -0.15) is 4.39 Å². The van der Waals surface area contributed by atoms with Gasteiger partial charge in [-0.25, -0.2) is 27.0 Å². The second kappa shape index (κ2) is 13.5. The number of nitrogens with zero attached hydrogens (tertiary/aromatic N) is 6. The molecule has 1 N–H and O–H groups in total. The number of amides is 1. The number of nitrogens with one attached hydrogen (secondary N) is 1. The Labute approximate surface area is 317 Å². The number of fused-ring (bicyclic) bond motifs is 3. The van der Waals surface area contributed by atoms with Crippen LogP contribution in [0.5, 0.6) is 0 Å². The van der Waals surface area contributed by atoms with E-state index in [9.17, 15) is 18.0 Å². The molecule has 0 saturated heterocycles. The van der Waals surface area contributed by atoms with Crippen molar-refractivity contribution in [1.29, 1.82) is 0 Å². The van der Waals surface area contributed by atoms with Crippen molar-refractivity contribution in [2.75, 3.05) is 0 Å². The Morgan fingerprint density at radius 3 is 2.36 bits per heavy atom. The van der Waals surface area contributed by atoms with E-state index in [0.717, 1.165) is 3.97 Å². The van der Waals surface area contributed by atoms with Gasteiger partial charge >= 0.3 is 11.8 Å². The molecular formula is C36H47BrFN7O6SSi. The average Bonchev–Trinajstić information content (AvgIpc) is 3.77. The van der Waals surface area contributed by atoms with E-state index >= 15 is 4.39 Å². The van der Waals surface area contributed by atoms with Gasteiger partial charge in [-0.1, -0.05) is 39.0 Å². The van der Waals surface area contributed by atoms with Gasteiger partial charge in [0.15, 0.2) is 14.0 Å². The van der Waals surface area contributed by atoms with Gasteiger partial charge in [-0.15, -0.1) is 5.10 Å². The Morgan fingerprint density at radius 1 is 1.11 bits per heavy atom. The Kier molecular flexibility index (Phi) is 9.91. The number of aryl methyl sites for hydroxylation is 2. The lowest BCUT2D eigenvalue weighted by Gasteiger charge is -2.40. The molecule has 17 heteroatoms. The van der Waals surface area contributed by atoms with Gasteiger partial charge in [-0.05, 0) is 86.7 Å². The molecular weight excluding hydrogens is 785 g/mol. The summed E-state index contributed by atoms with van der Waals surface area (Å²) in [4.78, 5) is 32.1. The number of carbonyl (C=O) groups is 1. The molecule has 3 atom stereocenters. The highest BCUT2D eigenvalue weighted by atomic mass is 79.9. The Bertz CT molecular complexity index is 2390. The van der Waals surface area contributed by atoms with Crippen molar-refractivity contribution in [2.45, 2.75) is 115 Å². The lowest BCUT2D eigenvalue weighted by molar-refractivity contribution is 0.0457. The normalized spacial score (nSPS) is 18.7. The van der Waals surface area contributed by atoms with Gasteiger partial charge < -0.3 is 14.5 Å². The van der Waals surface area contributed by atoms with Crippen molar-refractivity contribution in [3.05, 3.63) is 63.6 Å². The smallest absolute Gasteiger partial charge is 0.407 e. The molecule has 0 radical (unpaired) electrons. The van der Waals surface area contributed by atoms with Crippen molar-refractivity contribution < 1.29 is 26.8 Å². The fourth-order valence-corrected chi connectivity index (χ4v) is 10.5. The first-order valence-corrected chi connectivity index (χ1v) is 22.7. The first kappa shape index (κ1) is 38.9. The minimum Gasteiger partial charge on any atom is -0.444 e. The molecule has 53 heavy (non-hydrogen) atoms. The number of hydrogen-bond donors (Lipinski definition) is 1. The van der Waals surface area contributed by atoms with Gasteiger partial charge in [0.2, 0.25) is 5.95 Å². The van der Waals surface area contributed by atoms with Gasteiger partial charge in [0.1, 0.15) is 5.60 Å². The molecule has 286 valence electrons. The van der Waals surface area contributed by atoms with Gasteiger partial charge in [0.25, 0.3) is 10.0 Å². The number of hydrogen-bond acceptors (Lipinski definition) is 8. The molecule has 1 amide bonds. The van der Waals surface area contributed by atoms with Crippen LogP contribution in [-0.2, 0) is 32.8 Å². The number of ether oxygens (including phenoxy) is 1. The van der Waals surface area contributed by atoms with Crippen LogP contribution >= 0.6 is 15.9 Å². The van der Waals surface area contributed by atoms with Crippen LogP contribution in [0.15, 0.2) is 56.9 Å². The van der Waals surface area contributed by atoms with Crippen LogP contribution in [0.25, 0.3) is 33.3 Å². The molecule has 4 heterocycles. The standard InChI is InChI=1S/C36H47BrFN7O6SSi/c1-11-43-20-23(31(38)41-43)29-28(37)27-30-25(19-39-32(27)45(29)52(48,49)22-15-13-12-14-16-22)42(8)34(47)44(30)21-17-24(40-33(46)50-35(2,3)4)26(18-21)51-53(9,10)36(5,6)7/h12-16,19-21,24,26H,11,17-18H2,1-10H3,(H,40,46)/t21-,24-,26+/m0/s1. The molecule has 1 aliphatic rings. The summed E-state index contributed by atoms with van der Waals surface area (Å²) in [6, 6.07) is 6.84. The van der Waals surface area contributed by atoms with Crippen LogP contribution in [-0.4, -0.2) is 68.4 Å². The van der Waals surface area contributed by atoms with Gasteiger partial charge in [0, 0.05) is 25.8 Å². The molecule has 0 bridgehead atoms. The number of imidazole rings is 1. The fraction of sp³-hybridized carbons (Fsp3) is 0.500. The quantitative estimate of drug-likeness (QED) is 0.160. The maximum Gasteiger partial charge on any atom is 0.407 e. The summed E-state index contributed by atoms with van der Waals surface area (Å²) in [5.41, 5.74) is -0.303. The van der Waals surface area contributed by atoms with Crippen molar-refractivity contribution in [2.24, 2.45) is 7.05 Å². The van der Waals surface area contributed by atoms with E-state index in [2.05, 4.69) is 65.2 Å². The Balaban J connectivity index is 1.60. The highest BCUT2D eigenvalue weighted by Crippen LogP contribution is 2.46. The number of halogens is 2. The maximum absolute atomic E-state index is 15.7. The van der Waals surface area contributed by atoms with E-state index in [1.807, 2.05) is 0 Å². The third-order valence-corrected chi connectivity index (χ3v) is 17.3. The van der Waals surface area contributed by atoms with Crippen LogP contribution in [0, 0.1) is 5.95 Å². The molecule has 0 aliphatic heterocycles. The van der Waals surface area contributed by atoms with Gasteiger partial charge in [-0.3, -0.25) is 13.8 Å². The zero-order valence-electron chi connectivity index (χ0n) is 31.7. The molecule has 1 aromatic carbocycles. The molecule has 6 rings (SSSR count). The SMILES string of the molecule is CCn1cc(-c2c(Br)c3c(ncc4c3n([C@H]3C[C@H](NC(=O)OC(C)(C)C)[C@H](O[Si](C)(C)C(C)(C)C)C3)c(=O)n4C)n2S(=O)(=O)c2ccccc2)c(F)n1. The molecule has 1 fully saturated rings. The predicted octanol–water partition coefficient (Wildman–Crippen LogP) is 7.33. The minimum atomic E-state index is -4.37. The number of pyridine rings is 1. The third kappa shape index (κ3) is 6.89. The van der Waals surface area contributed by atoms with Crippen molar-refractivity contribution in [1.82, 2.24) is 33.2 Å². The first-order valence-electron chi connectivity index (χ1n) is 17.6. The number of rotatable bonds is 8. The summed E-state index contributed by atoms with van der Waals surface area (Å²) in [5.74, 6) is -0.862.